The van der Waals surface area contributed by atoms with Crippen LogP contribution in [0.1, 0.15) is 5.56 Å². The summed E-state index contributed by atoms with van der Waals surface area (Å²) in [6.07, 6.45) is 2.64. The number of amides is 1. The summed E-state index contributed by atoms with van der Waals surface area (Å²) in [5.41, 5.74) is 0.610. The van der Waals surface area contributed by atoms with Crippen molar-refractivity contribution in [1.82, 2.24) is 4.31 Å². The number of rotatable bonds is 5. The van der Waals surface area contributed by atoms with Crippen LogP contribution in [0.3, 0.4) is 0 Å². The molecule has 1 aliphatic heterocycles. The Balaban J connectivity index is 1.79. The highest BCUT2D eigenvalue weighted by molar-refractivity contribution is 7.89. The Morgan fingerprint density at radius 2 is 1.79 bits per heavy atom. The topological polar surface area (TPSA) is 75.7 Å². The zero-order chi connectivity index (χ0) is 21.0. The van der Waals surface area contributed by atoms with Crippen LogP contribution in [-0.2, 0) is 19.6 Å². The number of hydrogen-bond donors (Lipinski definition) is 1. The van der Waals surface area contributed by atoms with Crippen molar-refractivity contribution in [1.29, 1.82) is 0 Å². The molecule has 10 heteroatoms. The molecule has 1 amide bonds. The van der Waals surface area contributed by atoms with Gasteiger partial charge in [0.05, 0.1) is 13.2 Å². The Morgan fingerprint density at radius 3 is 2.45 bits per heavy atom. The number of ether oxygens (including phenoxy) is 1. The highest BCUT2D eigenvalue weighted by Gasteiger charge is 2.29. The number of hydrogen-bond acceptors (Lipinski definition) is 4. The Bertz CT molecular complexity index is 1030. The fourth-order valence-corrected chi connectivity index (χ4v) is 4.74. The molecule has 3 rings (SSSR count). The van der Waals surface area contributed by atoms with Crippen LogP contribution in [0.25, 0.3) is 6.08 Å². The average molecular weight is 459 g/mol. The molecule has 0 bridgehead atoms. The first-order valence-corrected chi connectivity index (χ1v) is 10.8. The van der Waals surface area contributed by atoms with Crippen molar-refractivity contribution in [3.05, 3.63) is 63.9 Å². The smallest absolute Gasteiger partial charge is 0.248 e. The molecule has 0 unspecified atom stereocenters. The predicted octanol–water partition coefficient (Wildman–Crippen LogP) is 3.81. The van der Waals surface area contributed by atoms with E-state index in [2.05, 4.69) is 5.32 Å². The lowest BCUT2D eigenvalue weighted by molar-refractivity contribution is -0.111. The van der Waals surface area contributed by atoms with Gasteiger partial charge >= 0.3 is 0 Å². The maximum atomic E-state index is 14.2. The van der Waals surface area contributed by atoms with Crippen LogP contribution in [0.2, 0.25) is 10.0 Å². The van der Waals surface area contributed by atoms with Crippen molar-refractivity contribution in [3.8, 4) is 0 Å². The average Bonchev–Trinajstić information content (AvgIpc) is 2.69. The van der Waals surface area contributed by atoms with Gasteiger partial charge in [0.2, 0.25) is 15.9 Å². The van der Waals surface area contributed by atoms with Crippen molar-refractivity contribution in [2.75, 3.05) is 31.6 Å². The van der Waals surface area contributed by atoms with E-state index in [0.717, 1.165) is 16.4 Å². The minimum atomic E-state index is -4.04. The van der Waals surface area contributed by atoms with Gasteiger partial charge in [0.15, 0.2) is 0 Å². The molecule has 1 N–H and O–H groups in total. The van der Waals surface area contributed by atoms with Gasteiger partial charge in [0, 0.05) is 40.5 Å². The van der Waals surface area contributed by atoms with Crippen LogP contribution in [0.5, 0.6) is 0 Å². The van der Waals surface area contributed by atoms with Gasteiger partial charge in [0.25, 0.3) is 0 Å². The Kier molecular flexibility index (Phi) is 6.92. The summed E-state index contributed by atoms with van der Waals surface area (Å²) < 4.78 is 45.9. The molecule has 1 fully saturated rings. The van der Waals surface area contributed by atoms with Gasteiger partial charge in [-0.25, -0.2) is 12.8 Å². The summed E-state index contributed by atoms with van der Waals surface area (Å²) >= 11 is 12.1. The number of anilines is 1. The fourth-order valence-electron chi connectivity index (χ4n) is 2.72. The molecule has 1 heterocycles. The monoisotopic (exact) mass is 458 g/mol. The second-order valence-electron chi connectivity index (χ2n) is 6.12. The molecule has 154 valence electrons. The van der Waals surface area contributed by atoms with Crippen molar-refractivity contribution in [2.24, 2.45) is 0 Å². The summed E-state index contributed by atoms with van der Waals surface area (Å²) in [6.45, 7) is 0.763. The van der Waals surface area contributed by atoms with E-state index in [-0.39, 0.29) is 32.0 Å². The van der Waals surface area contributed by atoms with Crippen LogP contribution < -0.4 is 5.32 Å². The van der Waals surface area contributed by atoms with E-state index in [4.69, 9.17) is 27.9 Å². The molecule has 0 atom stereocenters. The number of halogens is 3. The lowest BCUT2D eigenvalue weighted by Gasteiger charge is -2.26. The minimum absolute atomic E-state index is 0.137. The van der Waals surface area contributed by atoms with E-state index < -0.39 is 26.6 Å². The van der Waals surface area contributed by atoms with Crippen LogP contribution >= 0.6 is 23.2 Å². The van der Waals surface area contributed by atoms with Gasteiger partial charge in [-0.1, -0.05) is 29.3 Å². The standard InChI is InChI=1S/C19H17Cl2FN2O4S/c20-15-2-1-3-16(21)14(15)5-7-19(25)23-13-4-6-17(22)18(12-13)29(26,27)24-8-10-28-11-9-24/h1-7,12H,8-11H2,(H,23,25)/b7-5+. The summed E-state index contributed by atoms with van der Waals surface area (Å²) in [7, 11) is -4.04. The summed E-state index contributed by atoms with van der Waals surface area (Å²) in [5, 5.41) is 3.26. The SMILES string of the molecule is O=C(/C=C/c1c(Cl)cccc1Cl)Nc1ccc(F)c(S(=O)(=O)N2CCOCC2)c1. The number of nitrogens with one attached hydrogen (secondary N) is 1. The van der Waals surface area contributed by atoms with Crippen LogP contribution in [0, 0.1) is 5.82 Å². The van der Waals surface area contributed by atoms with Gasteiger partial charge in [0.1, 0.15) is 10.7 Å². The lowest BCUT2D eigenvalue weighted by Crippen LogP contribution is -2.40. The summed E-state index contributed by atoms with van der Waals surface area (Å²) in [5.74, 6) is -1.45. The number of carbonyl (C=O) groups is 1. The van der Waals surface area contributed by atoms with Gasteiger partial charge in [-0.15, -0.1) is 0 Å². The Labute approximate surface area is 177 Å². The largest absolute Gasteiger partial charge is 0.379 e. The van der Waals surface area contributed by atoms with Crippen molar-refractivity contribution < 1.29 is 22.3 Å². The first-order valence-electron chi connectivity index (χ1n) is 8.59. The second kappa shape index (κ2) is 9.23. The quantitative estimate of drug-likeness (QED) is 0.691. The molecule has 0 radical (unpaired) electrons. The molecule has 6 nitrogen and oxygen atoms in total. The Morgan fingerprint density at radius 1 is 1.14 bits per heavy atom. The number of benzene rings is 2. The molecule has 1 aliphatic rings. The predicted molar refractivity (Wildman–Crippen MR) is 110 cm³/mol. The third-order valence-electron chi connectivity index (χ3n) is 4.19. The van der Waals surface area contributed by atoms with Crippen molar-refractivity contribution in [3.63, 3.8) is 0 Å². The first-order chi connectivity index (χ1) is 13.8. The number of nitrogens with zero attached hydrogens (tertiary/aromatic N) is 1. The normalized spacial score (nSPS) is 15.6. The molecule has 0 spiro atoms. The van der Waals surface area contributed by atoms with Crippen LogP contribution in [0.4, 0.5) is 10.1 Å². The highest BCUT2D eigenvalue weighted by atomic mass is 35.5. The zero-order valence-corrected chi connectivity index (χ0v) is 17.4. The second-order valence-corrected chi connectivity index (χ2v) is 8.84. The lowest BCUT2D eigenvalue weighted by atomic mass is 10.2. The van der Waals surface area contributed by atoms with E-state index in [9.17, 15) is 17.6 Å². The van der Waals surface area contributed by atoms with E-state index in [1.54, 1.807) is 18.2 Å². The van der Waals surface area contributed by atoms with E-state index in [1.165, 1.54) is 18.2 Å². The van der Waals surface area contributed by atoms with Crippen molar-refractivity contribution in [2.45, 2.75) is 4.90 Å². The summed E-state index contributed by atoms with van der Waals surface area (Å²) in [6, 6.07) is 8.31. The molecular weight excluding hydrogens is 442 g/mol. The van der Waals surface area contributed by atoms with E-state index in [1.807, 2.05) is 0 Å². The van der Waals surface area contributed by atoms with Crippen LogP contribution in [-0.4, -0.2) is 44.9 Å². The molecule has 0 aliphatic carbocycles. The fraction of sp³-hybridized carbons (Fsp3) is 0.211. The van der Waals surface area contributed by atoms with E-state index >= 15 is 0 Å². The number of sulfonamides is 1. The molecule has 1 saturated heterocycles. The van der Waals surface area contributed by atoms with Gasteiger partial charge in [-0.2, -0.15) is 4.31 Å². The summed E-state index contributed by atoms with van der Waals surface area (Å²) in [4.78, 5) is 11.7. The van der Waals surface area contributed by atoms with Gasteiger partial charge in [-0.05, 0) is 36.4 Å². The zero-order valence-electron chi connectivity index (χ0n) is 15.1. The van der Waals surface area contributed by atoms with E-state index in [0.29, 0.717) is 15.6 Å². The van der Waals surface area contributed by atoms with Gasteiger partial charge in [-0.3, -0.25) is 4.79 Å². The molecular formula is C19H17Cl2FN2O4S. The molecule has 2 aromatic rings. The molecule has 29 heavy (non-hydrogen) atoms. The third-order valence-corrected chi connectivity index (χ3v) is 6.76. The van der Waals surface area contributed by atoms with Crippen LogP contribution in [0.15, 0.2) is 47.4 Å². The maximum Gasteiger partial charge on any atom is 0.248 e. The third kappa shape index (κ3) is 5.15. The minimum Gasteiger partial charge on any atom is -0.379 e. The first kappa shape index (κ1) is 21.7. The van der Waals surface area contributed by atoms with Crippen molar-refractivity contribution >= 4 is 50.9 Å². The van der Waals surface area contributed by atoms with Gasteiger partial charge < -0.3 is 10.1 Å². The molecule has 2 aromatic carbocycles. The Hall–Kier alpha value is -1.97. The highest BCUT2D eigenvalue weighted by Crippen LogP contribution is 2.26. The molecule has 0 aromatic heterocycles. The number of morpholine rings is 1. The number of carbonyl (C=O) groups excluding carboxylic acids is 1. The maximum absolute atomic E-state index is 14.2. The molecule has 0 saturated carbocycles.